The molecule has 0 unspecified atom stereocenters. The number of aryl methyl sites for hydroxylation is 1. The minimum absolute atomic E-state index is 0.0527. The van der Waals surface area contributed by atoms with Crippen molar-refractivity contribution in [2.24, 2.45) is 0 Å². The first kappa shape index (κ1) is 14.5. The van der Waals surface area contributed by atoms with Crippen LogP contribution in [0, 0.1) is 6.92 Å². The van der Waals surface area contributed by atoms with Crippen LogP contribution in [0.4, 0.5) is 0 Å². The molecule has 0 amide bonds. The molecule has 0 radical (unpaired) electrons. The molecule has 7 heteroatoms. The number of hydrogen-bond donors (Lipinski definition) is 0. The smallest absolute Gasteiger partial charge is 0.401 e. The Balaban J connectivity index is 3.13. The minimum Gasteiger partial charge on any atom is -0.467 e. The number of hydrogen-bond acceptors (Lipinski definition) is 5. The standard InChI is InChI=1S/C10H14ClO5P/c1-4-15-17(13,16-5-2)10(12)9-7(3)14-6-8(9)11/h6H,4-5H2,1-3H3. The van der Waals surface area contributed by atoms with E-state index in [2.05, 4.69) is 0 Å². The second-order valence-electron chi connectivity index (χ2n) is 3.15. The van der Waals surface area contributed by atoms with Crippen molar-refractivity contribution in [3.63, 3.8) is 0 Å². The first-order chi connectivity index (χ1) is 7.96. The highest BCUT2D eigenvalue weighted by Gasteiger charge is 2.38. The highest BCUT2D eigenvalue weighted by molar-refractivity contribution is 7.72. The van der Waals surface area contributed by atoms with Crippen molar-refractivity contribution in [3.05, 3.63) is 22.6 Å². The third-order valence-corrected chi connectivity index (χ3v) is 4.19. The molecule has 0 aliphatic carbocycles. The normalized spacial score (nSPS) is 11.8. The van der Waals surface area contributed by atoms with Crippen molar-refractivity contribution < 1.29 is 22.8 Å². The molecule has 5 nitrogen and oxygen atoms in total. The fourth-order valence-electron chi connectivity index (χ4n) is 1.31. The monoisotopic (exact) mass is 280 g/mol. The summed E-state index contributed by atoms with van der Waals surface area (Å²) in [7, 11) is -3.84. The topological polar surface area (TPSA) is 65.7 Å². The van der Waals surface area contributed by atoms with Gasteiger partial charge in [-0.05, 0) is 20.8 Å². The van der Waals surface area contributed by atoms with Crippen LogP contribution in [0.5, 0.6) is 0 Å². The van der Waals surface area contributed by atoms with Crippen LogP contribution < -0.4 is 0 Å². The summed E-state index contributed by atoms with van der Waals surface area (Å²) in [6, 6.07) is 0. The molecule has 0 aliphatic heterocycles. The lowest BCUT2D eigenvalue weighted by atomic mass is 10.3. The summed E-state index contributed by atoms with van der Waals surface area (Å²) >= 11 is 5.80. The van der Waals surface area contributed by atoms with Gasteiger partial charge in [-0.25, -0.2) is 0 Å². The van der Waals surface area contributed by atoms with E-state index in [0.29, 0.717) is 5.76 Å². The quantitative estimate of drug-likeness (QED) is 0.744. The largest absolute Gasteiger partial charge is 0.467 e. The van der Waals surface area contributed by atoms with E-state index in [1.165, 1.54) is 6.26 Å². The SMILES string of the molecule is CCOP(=O)(OCC)C(=O)c1c(Cl)coc1C. The van der Waals surface area contributed by atoms with E-state index in [9.17, 15) is 9.36 Å². The summed E-state index contributed by atoms with van der Waals surface area (Å²) < 4.78 is 27.1. The molecule has 0 N–H and O–H groups in total. The Bertz CT molecular complexity index is 424. The van der Waals surface area contributed by atoms with Gasteiger partial charge in [0.25, 0.3) is 5.52 Å². The summed E-state index contributed by atoms with van der Waals surface area (Å²) in [5.41, 5.74) is -0.714. The van der Waals surface area contributed by atoms with Crippen molar-refractivity contribution in [2.45, 2.75) is 20.8 Å². The molecule has 0 atom stereocenters. The molecule has 1 rings (SSSR count). The third kappa shape index (κ3) is 2.99. The first-order valence-corrected chi connectivity index (χ1v) is 7.06. The Morgan fingerprint density at radius 3 is 2.29 bits per heavy atom. The average Bonchev–Trinajstić information content (AvgIpc) is 2.58. The molecular weight excluding hydrogens is 267 g/mol. The van der Waals surface area contributed by atoms with Gasteiger partial charge in [-0.2, -0.15) is 0 Å². The van der Waals surface area contributed by atoms with Crippen LogP contribution >= 0.6 is 19.2 Å². The van der Waals surface area contributed by atoms with Gasteiger partial charge in [0.05, 0.1) is 23.8 Å². The molecule has 17 heavy (non-hydrogen) atoms. The van der Waals surface area contributed by atoms with E-state index in [-0.39, 0.29) is 23.8 Å². The highest BCUT2D eigenvalue weighted by Crippen LogP contribution is 2.52. The number of carbonyl (C=O) groups is 1. The second-order valence-corrected chi connectivity index (χ2v) is 5.48. The van der Waals surface area contributed by atoms with Crippen molar-refractivity contribution >= 4 is 24.7 Å². The van der Waals surface area contributed by atoms with Crippen LogP contribution in [-0.4, -0.2) is 18.7 Å². The Morgan fingerprint density at radius 2 is 1.94 bits per heavy atom. The molecule has 0 fully saturated rings. The zero-order chi connectivity index (χ0) is 13.1. The number of halogens is 1. The predicted molar refractivity (Wildman–Crippen MR) is 63.6 cm³/mol. The number of rotatable bonds is 6. The predicted octanol–water partition coefficient (Wildman–Crippen LogP) is 3.65. The Hall–Kier alpha value is -0.610. The molecule has 96 valence electrons. The summed E-state index contributed by atoms with van der Waals surface area (Å²) in [6.07, 6.45) is 1.21. The fourth-order valence-corrected chi connectivity index (χ4v) is 3.18. The van der Waals surface area contributed by atoms with Gasteiger partial charge in [0.2, 0.25) is 0 Å². The zero-order valence-corrected chi connectivity index (χ0v) is 11.5. The Kier molecular flexibility index (Phi) is 4.95. The zero-order valence-electron chi connectivity index (χ0n) is 9.86. The van der Waals surface area contributed by atoms with Gasteiger partial charge in [0.1, 0.15) is 12.0 Å². The number of furan rings is 1. The molecule has 0 aliphatic rings. The fraction of sp³-hybridized carbons (Fsp3) is 0.500. The van der Waals surface area contributed by atoms with E-state index in [0.717, 1.165) is 0 Å². The van der Waals surface area contributed by atoms with Crippen molar-refractivity contribution in [1.29, 1.82) is 0 Å². The molecule has 1 aromatic rings. The molecule has 0 saturated carbocycles. The molecule has 0 aromatic carbocycles. The van der Waals surface area contributed by atoms with Crippen LogP contribution in [0.25, 0.3) is 0 Å². The van der Waals surface area contributed by atoms with Crippen molar-refractivity contribution in [1.82, 2.24) is 0 Å². The maximum absolute atomic E-state index is 12.2. The molecule has 1 heterocycles. The van der Waals surface area contributed by atoms with E-state index in [1.807, 2.05) is 0 Å². The van der Waals surface area contributed by atoms with Crippen molar-refractivity contribution in [2.75, 3.05) is 13.2 Å². The van der Waals surface area contributed by atoms with Gasteiger partial charge in [-0.3, -0.25) is 9.36 Å². The van der Waals surface area contributed by atoms with E-state index in [4.69, 9.17) is 25.1 Å². The molecule has 0 saturated heterocycles. The van der Waals surface area contributed by atoms with Gasteiger partial charge in [-0.1, -0.05) is 11.6 Å². The minimum atomic E-state index is -3.84. The van der Waals surface area contributed by atoms with Crippen LogP contribution in [0.15, 0.2) is 10.7 Å². The summed E-state index contributed by atoms with van der Waals surface area (Å²) in [6.45, 7) is 5.03. The first-order valence-electron chi connectivity index (χ1n) is 5.13. The second kappa shape index (κ2) is 5.83. The lowest BCUT2D eigenvalue weighted by molar-refractivity contribution is 0.1000. The maximum atomic E-state index is 12.2. The van der Waals surface area contributed by atoms with Crippen molar-refractivity contribution in [3.8, 4) is 0 Å². The Labute approximate surface area is 105 Å². The molecule has 0 spiro atoms. The summed E-state index contributed by atoms with van der Waals surface area (Å²) in [4.78, 5) is 12.1. The van der Waals surface area contributed by atoms with Gasteiger partial charge in [0, 0.05) is 0 Å². The van der Waals surface area contributed by atoms with Gasteiger partial charge >= 0.3 is 7.60 Å². The molecular formula is C10H14ClO5P. The Morgan fingerprint density at radius 1 is 1.41 bits per heavy atom. The summed E-state index contributed by atoms with van der Waals surface area (Å²) in [5, 5.41) is 0.104. The maximum Gasteiger partial charge on any atom is 0.401 e. The van der Waals surface area contributed by atoms with E-state index in [1.54, 1.807) is 20.8 Å². The number of carbonyl (C=O) groups excluding carboxylic acids is 1. The summed E-state index contributed by atoms with van der Waals surface area (Å²) in [5.74, 6) is 0.291. The lowest BCUT2D eigenvalue weighted by Gasteiger charge is -2.15. The van der Waals surface area contributed by atoms with E-state index < -0.39 is 13.1 Å². The molecule has 0 bridgehead atoms. The highest BCUT2D eigenvalue weighted by atomic mass is 35.5. The van der Waals surface area contributed by atoms with Gasteiger partial charge in [0.15, 0.2) is 0 Å². The van der Waals surface area contributed by atoms with Crippen LogP contribution in [0.2, 0.25) is 5.02 Å². The lowest BCUT2D eigenvalue weighted by Crippen LogP contribution is -2.08. The molecule has 1 aromatic heterocycles. The average molecular weight is 281 g/mol. The van der Waals surface area contributed by atoms with Gasteiger partial charge in [-0.15, -0.1) is 0 Å². The third-order valence-electron chi connectivity index (χ3n) is 1.99. The van der Waals surface area contributed by atoms with Crippen LogP contribution in [0.1, 0.15) is 30.0 Å². The van der Waals surface area contributed by atoms with Gasteiger partial charge < -0.3 is 13.5 Å². The van der Waals surface area contributed by atoms with Crippen LogP contribution in [0.3, 0.4) is 0 Å². The van der Waals surface area contributed by atoms with Crippen LogP contribution in [-0.2, 0) is 13.6 Å². The van der Waals surface area contributed by atoms with E-state index >= 15 is 0 Å².